The average molecular weight is 377 g/mol. The molecule has 8 heteroatoms. The second-order valence-corrected chi connectivity index (χ2v) is 7.83. The van der Waals surface area contributed by atoms with Crippen LogP contribution in [0, 0.1) is 11.6 Å². The summed E-state index contributed by atoms with van der Waals surface area (Å²) in [6.07, 6.45) is 2.12. The number of fused-ring (bicyclic) bond motifs is 1. The molecule has 0 aliphatic rings. The van der Waals surface area contributed by atoms with Crippen LogP contribution in [0.4, 0.5) is 8.78 Å². The molecule has 0 aliphatic carbocycles. The summed E-state index contributed by atoms with van der Waals surface area (Å²) < 4.78 is 56.0. The van der Waals surface area contributed by atoms with Gasteiger partial charge in [-0.1, -0.05) is 18.2 Å². The molecule has 1 aromatic heterocycles. The van der Waals surface area contributed by atoms with Gasteiger partial charge in [-0.25, -0.2) is 22.2 Å². The molecule has 134 valence electrons. The van der Waals surface area contributed by atoms with Crippen molar-refractivity contribution in [3.05, 3.63) is 65.9 Å². The number of hydrogen-bond acceptors (Lipinski definition) is 5. The fourth-order valence-electron chi connectivity index (χ4n) is 2.46. The summed E-state index contributed by atoms with van der Waals surface area (Å²) in [5.74, 6) is -3.13. The van der Waals surface area contributed by atoms with E-state index >= 15 is 0 Å². The van der Waals surface area contributed by atoms with Crippen molar-refractivity contribution in [2.45, 2.75) is 0 Å². The highest BCUT2D eigenvalue weighted by Gasteiger charge is 2.22. The minimum Gasteiger partial charge on any atom is -0.455 e. The molecule has 0 radical (unpaired) electrons. The lowest BCUT2D eigenvalue weighted by Gasteiger charge is -2.11. The van der Waals surface area contributed by atoms with Crippen LogP contribution in [0.25, 0.3) is 10.9 Å². The van der Waals surface area contributed by atoms with Crippen molar-refractivity contribution < 1.29 is 26.7 Å². The van der Waals surface area contributed by atoms with Gasteiger partial charge in [-0.2, -0.15) is 0 Å². The summed E-state index contributed by atoms with van der Waals surface area (Å²) in [4.78, 5) is 16.1. The number of para-hydroxylation sites is 1. The van der Waals surface area contributed by atoms with Gasteiger partial charge in [0, 0.05) is 11.6 Å². The number of aromatic nitrogens is 1. The molecule has 0 amide bonds. The molecule has 0 N–H and O–H groups in total. The number of ketones is 1. The van der Waals surface area contributed by atoms with E-state index in [1.165, 1.54) is 36.5 Å². The van der Waals surface area contributed by atoms with Gasteiger partial charge in [-0.15, -0.1) is 0 Å². The summed E-state index contributed by atoms with van der Waals surface area (Å²) in [5.41, 5.74) is -0.315. The van der Waals surface area contributed by atoms with Crippen LogP contribution in [-0.4, -0.2) is 31.2 Å². The van der Waals surface area contributed by atoms with E-state index in [4.69, 9.17) is 4.74 Å². The third-order valence-corrected chi connectivity index (χ3v) is 4.30. The predicted molar refractivity (Wildman–Crippen MR) is 92.2 cm³/mol. The van der Waals surface area contributed by atoms with Gasteiger partial charge in [0.05, 0.1) is 11.8 Å². The highest BCUT2D eigenvalue weighted by Crippen LogP contribution is 2.29. The molecule has 5 nitrogen and oxygen atoms in total. The normalized spacial score (nSPS) is 11.5. The SMILES string of the molecule is CS(=O)(=O)CC(=O)c1c(F)cccc1Oc1cnc2c(F)cccc2c1. The Morgan fingerprint density at radius 2 is 1.81 bits per heavy atom. The Hall–Kier alpha value is -2.87. The summed E-state index contributed by atoms with van der Waals surface area (Å²) in [5, 5.41) is 0.461. The Morgan fingerprint density at radius 1 is 1.12 bits per heavy atom. The van der Waals surface area contributed by atoms with Crippen LogP contribution >= 0.6 is 0 Å². The van der Waals surface area contributed by atoms with Crippen LogP contribution in [0.1, 0.15) is 10.4 Å². The van der Waals surface area contributed by atoms with Crippen molar-refractivity contribution in [1.82, 2.24) is 4.98 Å². The molecule has 0 bridgehead atoms. The number of hydrogen-bond donors (Lipinski definition) is 0. The lowest BCUT2D eigenvalue weighted by atomic mass is 10.1. The molecular weight excluding hydrogens is 364 g/mol. The van der Waals surface area contributed by atoms with E-state index in [9.17, 15) is 22.0 Å². The number of carbonyl (C=O) groups is 1. The number of halogens is 2. The first-order valence-corrected chi connectivity index (χ1v) is 9.52. The molecule has 3 aromatic rings. The van der Waals surface area contributed by atoms with E-state index in [2.05, 4.69) is 4.98 Å². The maximum atomic E-state index is 14.1. The van der Waals surface area contributed by atoms with Gasteiger partial charge in [0.15, 0.2) is 15.6 Å². The van der Waals surface area contributed by atoms with Gasteiger partial charge >= 0.3 is 0 Å². The summed E-state index contributed by atoms with van der Waals surface area (Å²) in [6.45, 7) is 0. The number of pyridine rings is 1. The fourth-order valence-corrected chi connectivity index (χ4v) is 3.08. The van der Waals surface area contributed by atoms with Gasteiger partial charge in [-0.05, 0) is 24.3 Å². The van der Waals surface area contributed by atoms with Crippen molar-refractivity contribution in [3.8, 4) is 11.5 Å². The fraction of sp³-hybridized carbons (Fsp3) is 0.111. The molecule has 2 aromatic carbocycles. The van der Waals surface area contributed by atoms with Crippen LogP contribution in [0.2, 0.25) is 0 Å². The first-order chi connectivity index (χ1) is 12.2. The van der Waals surface area contributed by atoms with E-state index in [0.717, 1.165) is 12.3 Å². The highest BCUT2D eigenvalue weighted by atomic mass is 32.2. The van der Waals surface area contributed by atoms with E-state index in [1.54, 1.807) is 6.07 Å². The smallest absolute Gasteiger partial charge is 0.184 e. The van der Waals surface area contributed by atoms with E-state index < -0.39 is 38.6 Å². The molecule has 26 heavy (non-hydrogen) atoms. The van der Waals surface area contributed by atoms with Crippen LogP contribution in [0.15, 0.2) is 48.7 Å². The van der Waals surface area contributed by atoms with Crippen LogP contribution < -0.4 is 4.74 Å². The zero-order valence-electron chi connectivity index (χ0n) is 13.6. The first-order valence-electron chi connectivity index (χ1n) is 7.46. The Morgan fingerprint density at radius 3 is 2.54 bits per heavy atom. The maximum Gasteiger partial charge on any atom is 0.184 e. The minimum absolute atomic E-state index is 0.142. The second kappa shape index (κ2) is 6.80. The third-order valence-electron chi connectivity index (χ3n) is 3.51. The number of rotatable bonds is 5. The molecule has 0 atom stereocenters. The van der Waals surface area contributed by atoms with E-state index in [1.807, 2.05) is 0 Å². The van der Waals surface area contributed by atoms with Crippen molar-refractivity contribution in [3.63, 3.8) is 0 Å². The van der Waals surface area contributed by atoms with Crippen molar-refractivity contribution in [2.75, 3.05) is 12.0 Å². The molecule has 0 aliphatic heterocycles. The zero-order chi connectivity index (χ0) is 18.9. The van der Waals surface area contributed by atoms with Crippen LogP contribution in [0.3, 0.4) is 0 Å². The molecule has 3 rings (SSSR count). The van der Waals surface area contributed by atoms with E-state index in [0.29, 0.717) is 5.39 Å². The Balaban J connectivity index is 2.00. The lowest BCUT2D eigenvalue weighted by Crippen LogP contribution is -2.16. The lowest BCUT2D eigenvalue weighted by molar-refractivity contribution is 0.101. The first kappa shape index (κ1) is 17.9. The molecular formula is C18H13F2NO4S. The second-order valence-electron chi connectivity index (χ2n) is 5.69. The highest BCUT2D eigenvalue weighted by molar-refractivity contribution is 7.91. The molecule has 1 heterocycles. The van der Waals surface area contributed by atoms with Gasteiger partial charge in [0.1, 0.15) is 34.4 Å². The van der Waals surface area contributed by atoms with Gasteiger partial charge in [-0.3, -0.25) is 4.79 Å². The number of nitrogens with zero attached hydrogens (tertiary/aromatic N) is 1. The summed E-state index contributed by atoms with van der Waals surface area (Å²) >= 11 is 0. The molecule has 0 unspecified atom stereocenters. The maximum absolute atomic E-state index is 14.1. The van der Waals surface area contributed by atoms with Gasteiger partial charge in [0.2, 0.25) is 0 Å². The van der Waals surface area contributed by atoms with Crippen molar-refractivity contribution in [1.29, 1.82) is 0 Å². The Kier molecular flexibility index (Phi) is 4.69. The largest absolute Gasteiger partial charge is 0.455 e. The number of sulfone groups is 1. The Labute approximate surface area is 148 Å². The average Bonchev–Trinajstić information content (AvgIpc) is 2.53. The Bertz CT molecular complexity index is 1110. The molecule has 0 fully saturated rings. The predicted octanol–water partition coefficient (Wildman–Crippen LogP) is 3.53. The van der Waals surface area contributed by atoms with E-state index in [-0.39, 0.29) is 17.0 Å². The number of carbonyl (C=O) groups excluding carboxylic acids is 1. The number of Topliss-reactive ketones (excluding diaryl/α,β-unsaturated/α-hetero) is 1. The summed E-state index contributed by atoms with van der Waals surface area (Å²) in [6, 6.07) is 9.60. The summed E-state index contributed by atoms with van der Waals surface area (Å²) in [7, 11) is -3.64. The van der Waals surface area contributed by atoms with Crippen molar-refractivity contribution in [2.24, 2.45) is 0 Å². The molecule has 0 spiro atoms. The quantitative estimate of drug-likeness (QED) is 0.636. The van der Waals surface area contributed by atoms with Gasteiger partial charge in [0.25, 0.3) is 0 Å². The van der Waals surface area contributed by atoms with Gasteiger partial charge < -0.3 is 4.74 Å². The zero-order valence-corrected chi connectivity index (χ0v) is 14.4. The molecule has 0 saturated carbocycles. The minimum atomic E-state index is -3.64. The van der Waals surface area contributed by atoms with Crippen LogP contribution in [0.5, 0.6) is 11.5 Å². The van der Waals surface area contributed by atoms with Crippen molar-refractivity contribution >= 4 is 26.5 Å². The topological polar surface area (TPSA) is 73.3 Å². The standard InChI is InChI=1S/C18H13F2NO4S/c1-26(23,24)10-15(22)17-13(19)5-3-7-16(17)25-12-8-11-4-2-6-14(20)18(11)21-9-12/h2-9H,10H2,1H3. The third kappa shape index (κ3) is 3.85. The van der Waals surface area contributed by atoms with Crippen LogP contribution in [-0.2, 0) is 9.84 Å². The monoisotopic (exact) mass is 377 g/mol. The number of benzene rings is 2. The number of ether oxygens (including phenoxy) is 1. The molecule has 0 saturated heterocycles.